The molecule has 3 heterocycles. The fourth-order valence-corrected chi connectivity index (χ4v) is 3.04. The Hall–Kier alpha value is -1.89. The molecule has 7 nitrogen and oxygen atoms in total. The lowest BCUT2D eigenvalue weighted by atomic mass is 9.91. The summed E-state index contributed by atoms with van der Waals surface area (Å²) >= 11 is 0. The molecule has 1 aliphatic rings. The molecule has 7 heteroatoms. The topological polar surface area (TPSA) is 84.9 Å². The molecule has 0 radical (unpaired) electrons. The fourth-order valence-electron chi connectivity index (χ4n) is 3.04. The molecule has 120 valence electrons. The lowest BCUT2D eigenvalue weighted by Crippen LogP contribution is -2.57. The zero-order valence-electron chi connectivity index (χ0n) is 14.0. The van der Waals surface area contributed by atoms with E-state index in [2.05, 4.69) is 47.9 Å². The first kappa shape index (κ1) is 15.0. The zero-order chi connectivity index (χ0) is 16.1. The third kappa shape index (κ3) is 2.29. The van der Waals surface area contributed by atoms with Gasteiger partial charge in [-0.15, -0.1) is 0 Å². The standard InChI is InChI=1S/C15H25N7/c1-6-22-12(15(2,3)4)10-11(20-22)13(19-14(16)18-10)21-7-9(8-21)17-5/h9,17H,6-8H2,1-5H3,(H2,16,18). The molecule has 0 unspecified atom stereocenters. The molecule has 2 aromatic rings. The Labute approximate surface area is 130 Å². The fraction of sp³-hybridized carbons (Fsp3) is 0.667. The van der Waals surface area contributed by atoms with Crippen LogP contribution in [-0.2, 0) is 12.0 Å². The third-order valence-electron chi connectivity index (χ3n) is 4.19. The first-order valence-corrected chi connectivity index (χ1v) is 7.81. The van der Waals surface area contributed by atoms with Crippen LogP contribution in [0.3, 0.4) is 0 Å². The maximum atomic E-state index is 5.97. The Morgan fingerprint density at radius 1 is 1.23 bits per heavy atom. The van der Waals surface area contributed by atoms with E-state index in [1.165, 1.54) is 0 Å². The predicted octanol–water partition coefficient (Wildman–Crippen LogP) is 1.13. The number of nitrogen functional groups attached to an aromatic ring is 1. The molecule has 2 aromatic heterocycles. The summed E-state index contributed by atoms with van der Waals surface area (Å²) in [6.07, 6.45) is 0. The van der Waals surface area contributed by atoms with Crippen LogP contribution in [0.2, 0.25) is 0 Å². The average Bonchev–Trinajstić information content (AvgIpc) is 2.75. The van der Waals surface area contributed by atoms with Crippen LogP contribution in [0.4, 0.5) is 11.8 Å². The summed E-state index contributed by atoms with van der Waals surface area (Å²) in [5.74, 6) is 1.17. The molecule has 0 saturated carbocycles. The van der Waals surface area contributed by atoms with Crippen molar-refractivity contribution >= 4 is 22.8 Å². The molecule has 1 aliphatic heterocycles. The van der Waals surface area contributed by atoms with Crippen molar-refractivity contribution in [2.45, 2.75) is 45.7 Å². The molecule has 0 aliphatic carbocycles. The van der Waals surface area contributed by atoms with E-state index in [-0.39, 0.29) is 5.41 Å². The van der Waals surface area contributed by atoms with Gasteiger partial charge in [-0.3, -0.25) is 4.68 Å². The molecule has 0 spiro atoms. The normalized spacial score (nSPS) is 16.3. The molecule has 0 amide bonds. The van der Waals surface area contributed by atoms with E-state index >= 15 is 0 Å². The van der Waals surface area contributed by atoms with Crippen LogP contribution in [0, 0.1) is 0 Å². The van der Waals surface area contributed by atoms with Gasteiger partial charge < -0.3 is 16.0 Å². The number of nitrogens with two attached hydrogens (primary N) is 1. The van der Waals surface area contributed by atoms with Gasteiger partial charge in [0.05, 0.1) is 5.69 Å². The van der Waals surface area contributed by atoms with Crippen molar-refractivity contribution in [3.05, 3.63) is 5.69 Å². The number of fused-ring (bicyclic) bond motifs is 1. The second kappa shape index (κ2) is 5.08. The molecule has 3 N–H and O–H groups in total. The summed E-state index contributed by atoms with van der Waals surface area (Å²) < 4.78 is 2.03. The van der Waals surface area contributed by atoms with Crippen molar-refractivity contribution in [3.63, 3.8) is 0 Å². The molecular weight excluding hydrogens is 278 g/mol. The van der Waals surface area contributed by atoms with Crippen LogP contribution in [-0.4, -0.2) is 45.9 Å². The lowest BCUT2D eigenvalue weighted by molar-refractivity contribution is 0.448. The van der Waals surface area contributed by atoms with Crippen molar-refractivity contribution in [3.8, 4) is 0 Å². The van der Waals surface area contributed by atoms with Crippen LogP contribution in [0.5, 0.6) is 0 Å². The molecular formula is C15H25N7. The minimum atomic E-state index is -0.0503. The third-order valence-corrected chi connectivity index (χ3v) is 4.19. The Morgan fingerprint density at radius 3 is 2.45 bits per heavy atom. The number of nitrogens with one attached hydrogen (secondary N) is 1. The van der Waals surface area contributed by atoms with Crippen molar-refractivity contribution < 1.29 is 0 Å². The second-order valence-electron chi connectivity index (χ2n) is 6.91. The van der Waals surface area contributed by atoms with Crippen LogP contribution in [0.15, 0.2) is 0 Å². The summed E-state index contributed by atoms with van der Waals surface area (Å²) in [4.78, 5) is 11.2. The number of hydrogen-bond acceptors (Lipinski definition) is 6. The van der Waals surface area contributed by atoms with Crippen molar-refractivity contribution in [2.75, 3.05) is 30.8 Å². The highest BCUT2D eigenvalue weighted by molar-refractivity contribution is 5.89. The number of likely N-dealkylation sites (N-methyl/N-ethyl adjacent to an activating group) is 1. The lowest BCUT2D eigenvalue weighted by Gasteiger charge is -2.39. The monoisotopic (exact) mass is 303 g/mol. The number of nitrogens with zero attached hydrogens (tertiary/aromatic N) is 5. The largest absolute Gasteiger partial charge is 0.368 e. The van der Waals surface area contributed by atoms with Crippen molar-refractivity contribution in [2.24, 2.45) is 0 Å². The first-order valence-electron chi connectivity index (χ1n) is 7.81. The van der Waals surface area contributed by atoms with Gasteiger partial charge >= 0.3 is 0 Å². The van der Waals surface area contributed by atoms with E-state index in [1.807, 2.05) is 11.7 Å². The second-order valence-corrected chi connectivity index (χ2v) is 6.91. The summed E-state index contributed by atoms with van der Waals surface area (Å²) in [7, 11) is 1.98. The van der Waals surface area contributed by atoms with Crippen LogP contribution < -0.4 is 16.0 Å². The maximum absolute atomic E-state index is 5.97. The van der Waals surface area contributed by atoms with Gasteiger partial charge in [-0.1, -0.05) is 20.8 Å². The van der Waals surface area contributed by atoms with E-state index in [0.29, 0.717) is 12.0 Å². The summed E-state index contributed by atoms with van der Waals surface area (Å²) in [5.41, 5.74) is 8.77. The molecule has 22 heavy (non-hydrogen) atoms. The van der Waals surface area contributed by atoms with Gasteiger partial charge in [0.15, 0.2) is 11.3 Å². The predicted molar refractivity (Wildman–Crippen MR) is 89.2 cm³/mol. The van der Waals surface area contributed by atoms with Gasteiger partial charge in [0.2, 0.25) is 5.95 Å². The Morgan fingerprint density at radius 2 is 1.91 bits per heavy atom. The minimum Gasteiger partial charge on any atom is -0.368 e. The van der Waals surface area contributed by atoms with Crippen molar-refractivity contribution in [1.29, 1.82) is 0 Å². The Bertz CT molecular complexity index is 692. The first-order chi connectivity index (χ1) is 10.3. The van der Waals surface area contributed by atoms with E-state index < -0.39 is 0 Å². The molecule has 1 saturated heterocycles. The number of rotatable bonds is 3. The zero-order valence-corrected chi connectivity index (χ0v) is 14.0. The molecule has 3 rings (SSSR count). The highest BCUT2D eigenvalue weighted by Crippen LogP contribution is 2.34. The quantitative estimate of drug-likeness (QED) is 0.884. The van der Waals surface area contributed by atoms with Crippen LogP contribution >= 0.6 is 0 Å². The smallest absolute Gasteiger partial charge is 0.222 e. The number of hydrogen-bond donors (Lipinski definition) is 2. The summed E-state index contributed by atoms with van der Waals surface area (Å²) in [6.45, 7) is 11.3. The van der Waals surface area contributed by atoms with E-state index in [4.69, 9.17) is 10.8 Å². The molecule has 0 aromatic carbocycles. The molecule has 1 fully saturated rings. The highest BCUT2D eigenvalue weighted by Gasteiger charge is 2.32. The number of aryl methyl sites for hydroxylation is 1. The van der Waals surface area contributed by atoms with Gasteiger partial charge in [-0.05, 0) is 14.0 Å². The van der Waals surface area contributed by atoms with Gasteiger partial charge in [-0.25, -0.2) is 4.98 Å². The molecule has 0 bridgehead atoms. The van der Waals surface area contributed by atoms with Gasteiger partial charge in [0.25, 0.3) is 0 Å². The highest BCUT2D eigenvalue weighted by atomic mass is 15.3. The van der Waals surface area contributed by atoms with Crippen LogP contribution in [0.25, 0.3) is 11.0 Å². The van der Waals surface area contributed by atoms with E-state index in [0.717, 1.165) is 42.2 Å². The average molecular weight is 303 g/mol. The van der Waals surface area contributed by atoms with Gasteiger partial charge in [-0.2, -0.15) is 10.1 Å². The minimum absolute atomic E-state index is 0.0503. The Balaban J connectivity index is 2.17. The number of anilines is 2. The summed E-state index contributed by atoms with van der Waals surface area (Å²) in [6, 6.07) is 0.501. The van der Waals surface area contributed by atoms with E-state index in [9.17, 15) is 0 Å². The van der Waals surface area contributed by atoms with Crippen molar-refractivity contribution in [1.82, 2.24) is 25.1 Å². The van der Waals surface area contributed by atoms with Gasteiger partial charge in [0, 0.05) is 31.1 Å². The summed E-state index contributed by atoms with van der Waals surface area (Å²) in [5, 5.41) is 8.04. The SMILES string of the molecule is CCn1nc2c(N3CC(NC)C3)nc(N)nc2c1C(C)(C)C. The van der Waals surface area contributed by atoms with Crippen LogP contribution in [0.1, 0.15) is 33.4 Å². The molecule has 0 atom stereocenters. The van der Waals surface area contributed by atoms with Gasteiger partial charge in [0.1, 0.15) is 5.52 Å². The number of aromatic nitrogens is 4. The maximum Gasteiger partial charge on any atom is 0.222 e. The Kier molecular flexibility index (Phi) is 3.47. The van der Waals surface area contributed by atoms with E-state index in [1.54, 1.807) is 0 Å².